The third-order valence-corrected chi connectivity index (χ3v) is 6.03. The van der Waals surface area contributed by atoms with Gasteiger partial charge in [-0.3, -0.25) is 4.40 Å². The topological polar surface area (TPSA) is 97.7 Å². The van der Waals surface area contributed by atoms with Crippen molar-refractivity contribution in [1.82, 2.24) is 19.7 Å². The van der Waals surface area contributed by atoms with Crippen molar-refractivity contribution in [3.63, 3.8) is 0 Å². The SMILES string of the molecule is CC1(O)CC(c2nc(-c3ccc(OC4CCCNC4)cc3)c3c(N)nccn23)C1. The number of aromatic nitrogens is 3. The molecule has 1 saturated heterocycles. The molecular formula is C22H27N5O2. The monoisotopic (exact) mass is 393 g/mol. The fourth-order valence-electron chi connectivity index (χ4n) is 4.57. The minimum absolute atomic E-state index is 0.217. The average molecular weight is 393 g/mol. The summed E-state index contributed by atoms with van der Waals surface area (Å²) >= 11 is 0. The van der Waals surface area contributed by atoms with Gasteiger partial charge in [0, 0.05) is 30.4 Å². The van der Waals surface area contributed by atoms with Crippen LogP contribution in [0.15, 0.2) is 36.7 Å². The molecule has 2 aromatic heterocycles. The normalized spacial score (nSPS) is 27.0. The van der Waals surface area contributed by atoms with E-state index in [2.05, 4.69) is 10.3 Å². The van der Waals surface area contributed by atoms with E-state index in [4.69, 9.17) is 15.5 Å². The summed E-state index contributed by atoms with van der Waals surface area (Å²) in [5, 5.41) is 13.5. The summed E-state index contributed by atoms with van der Waals surface area (Å²) in [6, 6.07) is 8.05. The lowest BCUT2D eigenvalue weighted by molar-refractivity contribution is -0.0335. The molecule has 0 bridgehead atoms. The van der Waals surface area contributed by atoms with E-state index >= 15 is 0 Å². The van der Waals surface area contributed by atoms with Crippen LogP contribution in [0.1, 0.15) is 44.3 Å². The number of hydrogen-bond donors (Lipinski definition) is 3. The molecule has 0 radical (unpaired) electrons. The molecular weight excluding hydrogens is 366 g/mol. The fraction of sp³-hybridized carbons (Fsp3) is 0.455. The number of hydrogen-bond acceptors (Lipinski definition) is 6. The second kappa shape index (κ2) is 7.00. The van der Waals surface area contributed by atoms with E-state index < -0.39 is 5.60 Å². The number of piperidine rings is 1. The minimum atomic E-state index is -0.609. The fourth-order valence-corrected chi connectivity index (χ4v) is 4.57. The van der Waals surface area contributed by atoms with Crippen LogP contribution in [0.4, 0.5) is 5.82 Å². The first-order chi connectivity index (χ1) is 14.0. The van der Waals surface area contributed by atoms with Crippen molar-refractivity contribution in [3.05, 3.63) is 42.5 Å². The molecule has 0 amide bonds. The van der Waals surface area contributed by atoms with Crippen molar-refractivity contribution in [1.29, 1.82) is 0 Å². The van der Waals surface area contributed by atoms with Crippen molar-refractivity contribution in [2.45, 2.75) is 50.2 Å². The number of nitrogens with two attached hydrogens (primary N) is 1. The van der Waals surface area contributed by atoms with E-state index in [1.165, 1.54) is 0 Å². The third kappa shape index (κ3) is 3.45. The molecule has 1 aliphatic carbocycles. The molecule has 1 saturated carbocycles. The third-order valence-electron chi connectivity index (χ3n) is 6.03. The van der Waals surface area contributed by atoms with E-state index in [0.717, 1.165) is 54.3 Å². The zero-order valence-electron chi connectivity index (χ0n) is 16.6. The van der Waals surface area contributed by atoms with Crippen molar-refractivity contribution in [2.24, 2.45) is 0 Å². The van der Waals surface area contributed by atoms with Crippen molar-refractivity contribution in [3.8, 4) is 17.0 Å². The van der Waals surface area contributed by atoms with Gasteiger partial charge >= 0.3 is 0 Å². The van der Waals surface area contributed by atoms with E-state index in [9.17, 15) is 5.11 Å². The van der Waals surface area contributed by atoms with Crippen LogP contribution in [-0.2, 0) is 0 Å². The molecule has 1 aromatic carbocycles. The molecule has 0 spiro atoms. The van der Waals surface area contributed by atoms with Gasteiger partial charge in [-0.1, -0.05) is 0 Å². The first-order valence-corrected chi connectivity index (χ1v) is 10.3. The molecule has 3 heterocycles. The quantitative estimate of drug-likeness (QED) is 0.631. The number of nitrogen functional groups attached to an aromatic ring is 1. The maximum absolute atomic E-state index is 10.2. The summed E-state index contributed by atoms with van der Waals surface area (Å²) in [5.41, 5.74) is 8.23. The van der Waals surface area contributed by atoms with Gasteiger partial charge in [0.05, 0.1) is 5.60 Å². The van der Waals surface area contributed by atoms with Crippen LogP contribution in [0, 0.1) is 0 Å². The summed E-state index contributed by atoms with van der Waals surface area (Å²) in [5.74, 6) is 2.48. The highest BCUT2D eigenvalue weighted by atomic mass is 16.5. The molecule has 1 atom stereocenters. The van der Waals surface area contributed by atoms with Gasteiger partial charge in [-0.2, -0.15) is 0 Å². The molecule has 152 valence electrons. The van der Waals surface area contributed by atoms with Crippen LogP contribution in [0.25, 0.3) is 16.8 Å². The number of imidazole rings is 1. The van der Waals surface area contributed by atoms with Gasteiger partial charge in [-0.25, -0.2) is 9.97 Å². The Labute approximate surface area is 169 Å². The highest BCUT2D eigenvalue weighted by molar-refractivity contribution is 5.85. The van der Waals surface area contributed by atoms with Crippen LogP contribution in [0.5, 0.6) is 5.75 Å². The molecule has 2 fully saturated rings. The molecule has 2 aliphatic rings. The lowest BCUT2D eigenvalue weighted by atomic mass is 9.72. The Kier molecular flexibility index (Phi) is 4.44. The van der Waals surface area contributed by atoms with Crippen molar-refractivity contribution >= 4 is 11.3 Å². The van der Waals surface area contributed by atoms with Gasteiger partial charge in [0.2, 0.25) is 0 Å². The molecule has 29 heavy (non-hydrogen) atoms. The highest BCUT2D eigenvalue weighted by Crippen LogP contribution is 2.45. The number of rotatable bonds is 4. The molecule has 1 unspecified atom stereocenters. The summed E-state index contributed by atoms with van der Waals surface area (Å²) in [4.78, 5) is 9.20. The zero-order valence-corrected chi connectivity index (χ0v) is 16.6. The number of fused-ring (bicyclic) bond motifs is 1. The maximum atomic E-state index is 10.2. The number of anilines is 1. The molecule has 4 N–H and O–H groups in total. The van der Waals surface area contributed by atoms with Crippen LogP contribution in [0.3, 0.4) is 0 Å². The number of ether oxygens (including phenoxy) is 1. The Hall–Kier alpha value is -2.64. The average Bonchev–Trinajstić information content (AvgIpc) is 3.08. The van der Waals surface area contributed by atoms with E-state index in [0.29, 0.717) is 18.7 Å². The van der Waals surface area contributed by atoms with E-state index in [1.807, 2.05) is 41.8 Å². The van der Waals surface area contributed by atoms with Crippen LogP contribution in [-0.4, -0.2) is 44.3 Å². The Balaban J connectivity index is 1.46. The molecule has 7 heteroatoms. The van der Waals surface area contributed by atoms with Crippen LogP contribution in [0.2, 0.25) is 0 Å². The lowest BCUT2D eigenvalue weighted by Gasteiger charge is -2.40. The molecule has 7 nitrogen and oxygen atoms in total. The Morgan fingerprint density at radius 3 is 2.76 bits per heavy atom. The molecule has 1 aliphatic heterocycles. The van der Waals surface area contributed by atoms with Gasteiger partial charge in [-0.15, -0.1) is 0 Å². The lowest BCUT2D eigenvalue weighted by Crippen LogP contribution is -2.40. The van der Waals surface area contributed by atoms with Gasteiger partial charge in [0.1, 0.15) is 34.7 Å². The van der Waals surface area contributed by atoms with Gasteiger partial charge < -0.3 is 20.9 Å². The predicted octanol–water partition coefficient (Wildman–Crippen LogP) is 2.74. The predicted molar refractivity (Wildman–Crippen MR) is 112 cm³/mol. The summed E-state index contributed by atoms with van der Waals surface area (Å²) < 4.78 is 8.12. The Morgan fingerprint density at radius 1 is 1.28 bits per heavy atom. The summed E-state index contributed by atoms with van der Waals surface area (Å²) in [6.45, 7) is 3.83. The highest BCUT2D eigenvalue weighted by Gasteiger charge is 2.41. The first-order valence-electron chi connectivity index (χ1n) is 10.3. The molecule has 3 aromatic rings. The maximum Gasteiger partial charge on any atom is 0.150 e. The number of aliphatic hydroxyl groups is 1. The number of benzene rings is 1. The molecule has 5 rings (SSSR count). The van der Waals surface area contributed by atoms with Gasteiger partial charge in [-0.05, 0) is 63.4 Å². The van der Waals surface area contributed by atoms with Gasteiger partial charge in [0.15, 0.2) is 0 Å². The minimum Gasteiger partial charge on any atom is -0.489 e. The van der Waals surface area contributed by atoms with Crippen molar-refractivity contribution in [2.75, 3.05) is 18.8 Å². The second-order valence-corrected chi connectivity index (χ2v) is 8.56. The zero-order chi connectivity index (χ0) is 20.0. The summed E-state index contributed by atoms with van der Waals surface area (Å²) in [7, 11) is 0. The Morgan fingerprint density at radius 2 is 2.07 bits per heavy atom. The first kappa shape index (κ1) is 18.4. The standard InChI is InChI=1S/C22H27N5O2/c1-22(28)11-15(12-22)21-26-18(19-20(23)25-9-10-27(19)21)14-4-6-16(7-5-14)29-17-3-2-8-24-13-17/h4-7,9-10,15,17,24,28H,2-3,8,11-13H2,1H3,(H2,23,25). The van der Waals surface area contributed by atoms with E-state index in [1.54, 1.807) is 6.20 Å². The second-order valence-electron chi connectivity index (χ2n) is 8.56. The van der Waals surface area contributed by atoms with Crippen LogP contribution < -0.4 is 15.8 Å². The van der Waals surface area contributed by atoms with E-state index in [-0.39, 0.29) is 12.0 Å². The smallest absolute Gasteiger partial charge is 0.150 e. The number of nitrogens with one attached hydrogen (secondary N) is 1. The largest absolute Gasteiger partial charge is 0.489 e. The Bertz CT molecular complexity index is 1010. The van der Waals surface area contributed by atoms with Crippen molar-refractivity contribution < 1.29 is 9.84 Å². The van der Waals surface area contributed by atoms with Gasteiger partial charge in [0.25, 0.3) is 0 Å². The number of nitrogens with zero attached hydrogens (tertiary/aromatic N) is 3. The summed E-state index contributed by atoms with van der Waals surface area (Å²) in [6.07, 6.45) is 7.46. The van der Waals surface area contributed by atoms with Crippen LogP contribution >= 0.6 is 0 Å².